The highest BCUT2D eigenvalue weighted by Crippen LogP contribution is 2.22. The first-order valence-corrected chi connectivity index (χ1v) is 7.02. The van der Waals surface area contributed by atoms with Crippen LogP contribution in [0.1, 0.15) is 30.1 Å². The van der Waals surface area contributed by atoms with Crippen molar-refractivity contribution in [3.05, 3.63) is 33.9 Å². The van der Waals surface area contributed by atoms with Crippen LogP contribution in [0.2, 0.25) is 0 Å². The third-order valence-corrected chi connectivity index (χ3v) is 3.38. The van der Waals surface area contributed by atoms with Crippen LogP contribution in [0.4, 0.5) is 11.4 Å². The number of hydrogen-bond donors (Lipinski definition) is 2. The van der Waals surface area contributed by atoms with Gasteiger partial charge in [0.25, 0.3) is 11.6 Å². The molecule has 7 nitrogen and oxygen atoms in total. The highest BCUT2D eigenvalue weighted by molar-refractivity contribution is 6.00. The molecule has 0 bridgehead atoms. The number of non-ortho nitro benzene ring substituents is 1. The fraction of sp³-hybridized carbons (Fsp3) is 0.500. The Labute approximate surface area is 122 Å². The number of rotatable bonds is 5. The lowest BCUT2D eigenvalue weighted by Gasteiger charge is -2.23. The van der Waals surface area contributed by atoms with Crippen LogP contribution in [0.15, 0.2) is 18.2 Å². The van der Waals surface area contributed by atoms with Gasteiger partial charge in [-0.3, -0.25) is 14.9 Å². The van der Waals surface area contributed by atoms with Crippen LogP contribution in [0.25, 0.3) is 0 Å². The van der Waals surface area contributed by atoms with Crippen molar-refractivity contribution < 1.29 is 14.5 Å². The summed E-state index contributed by atoms with van der Waals surface area (Å²) < 4.78 is 5.25. The highest BCUT2D eigenvalue weighted by Gasteiger charge is 2.21. The van der Waals surface area contributed by atoms with Gasteiger partial charge in [0, 0.05) is 43.6 Å². The molecule has 0 aromatic heterocycles. The number of nitro groups is 1. The summed E-state index contributed by atoms with van der Waals surface area (Å²) in [5, 5.41) is 16.8. The number of carbonyl (C=O) groups is 1. The van der Waals surface area contributed by atoms with Gasteiger partial charge in [0.2, 0.25) is 0 Å². The number of nitro benzene ring substituents is 1. The zero-order valence-corrected chi connectivity index (χ0v) is 11.9. The maximum atomic E-state index is 12.4. The van der Waals surface area contributed by atoms with Gasteiger partial charge in [-0.15, -0.1) is 0 Å². The SMILES string of the molecule is CCNc1ccc([N+](=O)[O-])cc1C(=O)NC1CCOCC1. The van der Waals surface area contributed by atoms with Crippen molar-refractivity contribution in [3.8, 4) is 0 Å². The summed E-state index contributed by atoms with van der Waals surface area (Å²) in [6, 6.07) is 4.33. The minimum Gasteiger partial charge on any atom is -0.385 e. The molecule has 0 atom stereocenters. The molecule has 0 radical (unpaired) electrons. The number of anilines is 1. The lowest BCUT2D eigenvalue weighted by Crippen LogP contribution is -2.39. The fourth-order valence-corrected chi connectivity index (χ4v) is 2.28. The molecule has 2 N–H and O–H groups in total. The molecule has 1 amide bonds. The molecule has 21 heavy (non-hydrogen) atoms. The molecule has 0 aliphatic carbocycles. The number of amides is 1. The Bertz CT molecular complexity index is 527. The molecule has 0 unspecified atom stereocenters. The molecule has 2 rings (SSSR count). The highest BCUT2D eigenvalue weighted by atomic mass is 16.6. The molecule has 1 fully saturated rings. The van der Waals surface area contributed by atoms with Gasteiger partial charge in [0.1, 0.15) is 0 Å². The number of hydrogen-bond acceptors (Lipinski definition) is 5. The first kappa shape index (κ1) is 15.2. The predicted octanol–water partition coefficient (Wildman–Crippen LogP) is 1.94. The summed E-state index contributed by atoms with van der Waals surface area (Å²) >= 11 is 0. The molecule has 0 spiro atoms. The molecular weight excluding hydrogens is 274 g/mol. The van der Waals surface area contributed by atoms with Gasteiger partial charge in [-0.2, -0.15) is 0 Å². The first-order valence-electron chi connectivity index (χ1n) is 7.02. The average Bonchev–Trinajstić information content (AvgIpc) is 2.48. The second kappa shape index (κ2) is 7.03. The second-order valence-corrected chi connectivity index (χ2v) is 4.88. The van der Waals surface area contributed by atoms with Gasteiger partial charge in [-0.1, -0.05) is 0 Å². The van der Waals surface area contributed by atoms with Gasteiger partial charge in [-0.05, 0) is 25.8 Å². The summed E-state index contributed by atoms with van der Waals surface area (Å²) in [5.41, 5.74) is 0.819. The van der Waals surface area contributed by atoms with Crippen LogP contribution in [-0.2, 0) is 4.74 Å². The molecular formula is C14H19N3O4. The number of benzene rings is 1. The van der Waals surface area contributed by atoms with Crippen LogP contribution in [0, 0.1) is 10.1 Å². The largest absolute Gasteiger partial charge is 0.385 e. The molecule has 1 aliphatic heterocycles. The van der Waals surface area contributed by atoms with E-state index in [-0.39, 0.29) is 17.6 Å². The van der Waals surface area contributed by atoms with Gasteiger partial charge >= 0.3 is 0 Å². The molecule has 1 saturated heterocycles. The van der Waals surface area contributed by atoms with Gasteiger partial charge in [0.05, 0.1) is 10.5 Å². The number of carbonyl (C=O) groups excluding carboxylic acids is 1. The Hall–Kier alpha value is -2.15. The quantitative estimate of drug-likeness (QED) is 0.639. The monoisotopic (exact) mass is 293 g/mol. The molecule has 1 heterocycles. The molecule has 1 aromatic carbocycles. The van der Waals surface area contributed by atoms with Crippen LogP contribution in [0.5, 0.6) is 0 Å². The van der Waals surface area contributed by atoms with E-state index in [1.165, 1.54) is 12.1 Å². The number of nitrogens with zero attached hydrogens (tertiary/aromatic N) is 1. The molecule has 0 saturated carbocycles. The van der Waals surface area contributed by atoms with E-state index in [0.717, 1.165) is 12.8 Å². The summed E-state index contributed by atoms with van der Waals surface area (Å²) in [6.07, 6.45) is 1.52. The van der Waals surface area contributed by atoms with E-state index in [1.807, 2.05) is 6.92 Å². The molecule has 7 heteroatoms. The van der Waals surface area contributed by atoms with E-state index in [9.17, 15) is 14.9 Å². The Morgan fingerprint density at radius 2 is 2.14 bits per heavy atom. The summed E-state index contributed by atoms with van der Waals surface area (Å²) in [6.45, 7) is 3.79. The first-order chi connectivity index (χ1) is 10.1. The maximum Gasteiger partial charge on any atom is 0.270 e. The summed E-state index contributed by atoms with van der Waals surface area (Å²) in [4.78, 5) is 22.7. The van der Waals surface area contributed by atoms with Crippen molar-refractivity contribution in [1.82, 2.24) is 5.32 Å². The van der Waals surface area contributed by atoms with Crippen LogP contribution < -0.4 is 10.6 Å². The molecule has 1 aromatic rings. The third kappa shape index (κ3) is 3.91. The fourth-order valence-electron chi connectivity index (χ4n) is 2.28. The van der Waals surface area contributed by atoms with Crippen LogP contribution >= 0.6 is 0 Å². The van der Waals surface area contributed by atoms with Gasteiger partial charge in [0.15, 0.2) is 0 Å². The van der Waals surface area contributed by atoms with E-state index in [1.54, 1.807) is 6.07 Å². The lowest BCUT2D eigenvalue weighted by atomic mass is 10.1. The van der Waals surface area contributed by atoms with E-state index in [4.69, 9.17) is 4.74 Å². The zero-order chi connectivity index (χ0) is 15.2. The van der Waals surface area contributed by atoms with Crippen molar-refractivity contribution in [2.24, 2.45) is 0 Å². The van der Waals surface area contributed by atoms with E-state index >= 15 is 0 Å². The second-order valence-electron chi connectivity index (χ2n) is 4.88. The average molecular weight is 293 g/mol. The van der Waals surface area contributed by atoms with Crippen LogP contribution in [-0.4, -0.2) is 36.6 Å². The van der Waals surface area contributed by atoms with Crippen molar-refractivity contribution in [3.63, 3.8) is 0 Å². The maximum absolute atomic E-state index is 12.4. The smallest absolute Gasteiger partial charge is 0.270 e. The number of ether oxygens (including phenoxy) is 1. The van der Waals surface area contributed by atoms with Crippen molar-refractivity contribution in [1.29, 1.82) is 0 Å². The zero-order valence-electron chi connectivity index (χ0n) is 11.9. The third-order valence-electron chi connectivity index (χ3n) is 3.38. The minimum absolute atomic E-state index is 0.0555. The molecule has 114 valence electrons. The summed E-state index contributed by atoms with van der Waals surface area (Å²) in [7, 11) is 0. The van der Waals surface area contributed by atoms with Crippen molar-refractivity contribution in [2.45, 2.75) is 25.8 Å². The van der Waals surface area contributed by atoms with E-state index < -0.39 is 4.92 Å². The van der Waals surface area contributed by atoms with E-state index in [0.29, 0.717) is 31.0 Å². The Morgan fingerprint density at radius 1 is 1.43 bits per heavy atom. The topological polar surface area (TPSA) is 93.5 Å². The van der Waals surface area contributed by atoms with Gasteiger partial charge in [-0.25, -0.2) is 0 Å². The number of nitrogens with one attached hydrogen (secondary N) is 2. The molecule has 1 aliphatic rings. The Morgan fingerprint density at radius 3 is 2.76 bits per heavy atom. The minimum atomic E-state index is -0.499. The normalized spacial score (nSPS) is 15.5. The predicted molar refractivity (Wildman–Crippen MR) is 78.6 cm³/mol. The van der Waals surface area contributed by atoms with Crippen LogP contribution in [0.3, 0.4) is 0 Å². The Kier molecular flexibility index (Phi) is 5.10. The van der Waals surface area contributed by atoms with E-state index in [2.05, 4.69) is 10.6 Å². The van der Waals surface area contributed by atoms with Crippen molar-refractivity contribution >= 4 is 17.3 Å². The summed E-state index contributed by atoms with van der Waals surface area (Å²) in [5.74, 6) is -0.290. The standard InChI is InChI=1S/C14H19N3O4/c1-2-15-13-4-3-11(17(19)20)9-12(13)14(18)16-10-5-7-21-8-6-10/h3-4,9-10,15H,2,5-8H2,1H3,(H,16,18). The van der Waals surface area contributed by atoms with Crippen molar-refractivity contribution in [2.75, 3.05) is 25.1 Å². The van der Waals surface area contributed by atoms with Gasteiger partial charge < -0.3 is 15.4 Å². The lowest BCUT2D eigenvalue weighted by molar-refractivity contribution is -0.384. The Balaban J connectivity index is 2.19.